The van der Waals surface area contributed by atoms with Crippen molar-refractivity contribution in [1.82, 2.24) is 24.5 Å². The van der Waals surface area contributed by atoms with E-state index in [9.17, 15) is 26.3 Å². The first kappa shape index (κ1) is 25.5. The van der Waals surface area contributed by atoms with E-state index in [0.717, 1.165) is 6.20 Å². The molecule has 1 N–H and O–H groups in total. The van der Waals surface area contributed by atoms with Gasteiger partial charge in [0.05, 0.1) is 28.2 Å². The maximum atomic E-state index is 13.4. The van der Waals surface area contributed by atoms with E-state index >= 15 is 0 Å². The number of rotatable bonds is 6. The molecular weight excluding hydrogens is 522 g/mol. The van der Waals surface area contributed by atoms with Crippen LogP contribution in [0.1, 0.15) is 17.1 Å². The molecule has 38 heavy (non-hydrogen) atoms. The Balaban J connectivity index is 1.72. The van der Waals surface area contributed by atoms with Crippen LogP contribution in [0.5, 0.6) is 0 Å². The lowest BCUT2D eigenvalue weighted by molar-refractivity contribution is -0.141. The summed E-state index contributed by atoms with van der Waals surface area (Å²) in [5.41, 5.74) is 2.61. The van der Waals surface area contributed by atoms with Gasteiger partial charge in [-0.3, -0.25) is 0 Å². The second-order valence-electron chi connectivity index (χ2n) is 8.38. The fourth-order valence-electron chi connectivity index (χ4n) is 4.09. The van der Waals surface area contributed by atoms with E-state index in [4.69, 9.17) is 0 Å². The van der Waals surface area contributed by atoms with Crippen LogP contribution >= 0.6 is 0 Å². The van der Waals surface area contributed by atoms with Crippen molar-refractivity contribution in [2.75, 3.05) is 0 Å². The Labute approximate surface area is 216 Å². The van der Waals surface area contributed by atoms with Gasteiger partial charge in [-0.05, 0) is 47.9 Å². The summed E-state index contributed by atoms with van der Waals surface area (Å²) in [4.78, 5) is 3.88. The summed E-state index contributed by atoms with van der Waals surface area (Å²) < 4.78 is 77.3. The Kier molecular flexibility index (Phi) is 6.67. The second kappa shape index (κ2) is 9.95. The van der Waals surface area contributed by atoms with Crippen molar-refractivity contribution in [2.24, 2.45) is 0 Å². The molecule has 1 atom stereocenters. The molecule has 2 heterocycles. The van der Waals surface area contributed by atoms with Gasteiger partial charge in [0.1, 0.15) is 12.5 Å². The third kappa shape index (κ3) is 4.87. The first-order valence-electron chi connectivity index (χ1n) is 11.2. The average Bonchev–Trinajstić information content (AvgIpc) is 3.55. The van der Waals surface area contributed by atoms with Crippen LogP contribution in [0.3, 0.4) is 0 Å². The van der Waals surface area contributed by atoms with Crippen molar-refractivity contribution in [3.63, 3.8) is 0 Å². The third-order valence-corrected chi connectivity index (χ3v) is 6.62. The van der Waals surface area contributed by atoms with Gasteiger partial charge >= 0.3 is 6.18 Å². The van der Waals surface area contributed by atoms with Crippen LogP contribution in [0.25, 0.3) is 33.8 Å². The van der Waals surface area contributed by atoms with Crippen LogP contribution in [0, 0.1) is 6.92 Å². The Morgan fingerprint density at radius 2 is 1.66 bits per heavy atom. The van der Waals surface area contributed by atoms with Crippen molar-refractivity contribution in [2.45, 2.75) is 24.7 Å². The quantitative estimate of drug-likeness (QED) is 0.205. The lowest BCUT2D eigenvalue weighted by atomic mass is 10.0. The van der Waals surface area contributed by atoms with Crippen molar-refractivity contribution in [1.29, 1.82) is 0 Å². The molecule has 0 aliphatic heterocycles. The lowest BCUT2D eigenvalue weighted by Crippen LogP contribution is -2.07. The van der Waals surface area contributed by atoms with E-state index < -0.39 is 29.6 Å². The number of alkyl halides is 4. The number of aromatic nitrogens is 5. The van der Waals surface area contributed by atoms with E-state index in [1.165, 1.54) is 28.4 Å². The zero-order valence-electron chi connectivity index (χ0n) is 19.7. The minimum Gasteiger partial charge on any atom is -0.302 e. The molecule has 0 radical (unpaired) electrons. The van der Waals surface area contributed by atoms with Gasteiger partial charge in [0.25, 0.3) is 0 Å². The first-order valence-corrected chi connectivity index (χ1v) is 12.3. The van der Waals surface area contributed by atoms with Gasteiger partial charge in [0.15, 0.2) is 16.8 Å². The number of aryl methyl sites for hydroxylation is 1. The molecule has 0 saturated carbocycles. The van der Waals surface area contributed by atoms with Gasteiger partial charge in [-0.25, -0.2) is 18.3 Å². The SMILES string of the molecule is Cc1nc(C(F)(F)F)cn1-c1ccc(-c2cccc(S(=O)O)c2)cc1-n1nncc1-c1ccc(CF)cc1. The molecule has 12 heteroatoms. The predicted octanol–water partition coefficient (Wildman–Crippen LogP) is 6.16. The molecular formula is C26H19F4N5O2S. The summed E-state index contributed by atoms with van der Waals surface area (Å²) in [7, 11) is 0. The molecule has 3 aromatic carbocycles. The molecule has 0 saturated heterocycles. The minimum absolute atomic E-state index is 0.109. The van der Waals surface area contributed by atoms with E-state index in [-0.39, 0.29) is 10.7 Å². The first-order chi connectivity index (χ1) is 18.2. The highest BCUT2D eigenvalue weighted by Gasteiger charge is 2.34. The summed E-state index contributed by atoms with van der Waals surface area (Å²) in [5, 5.41) is 8.22. The van der Waals surface area contributed by atoms with Gasteiger partial charge < -0.3 is 9.12 Å². The molecule has 5 aromatic rings. The van der Waals surface area contributed by atoms with E-state index in [0.29, 0.717) is 39.3 Å². The molecule has 7 nitrogen and oxygen atoms in total. The van der Waals surface area contributed by atoms with Crippen LogP contribution in [0.4, 0.5) is 17.6 Å². The van der Waals surface area contributed by atoms with E-state index in [1.54, 1.807) is 60.7 Å². The molecule has 1 unspecified atom stereocenters. The molecule has 0 fully saturated rings. The van der Waals surface area contributed by atoms with Gasteiger partial charge in [0.2, 0.25) is 0 Å². The Morgan fingerprint density at radius 3 is 2.32 bits per heavy atom. The molecule has 0 aliphatic carbocycles. The van der Waals surface area contributed by atoms with Gasteiger partial charge in [0, 0.05) is 11.8 Å². The molecule has 2 aromatic heterocycles. The summed E-state index contributed by atoms with van der Waals surface area (Å²) in [6.07, 6.45) is -2.22. The molecule has 0 spiro atoms. The fourth-order valence-corrected chi connectivity index (χ4v) is 4.51. The van der Waals surface area contributed by atoms with Crippen LogP contribution in [-0.4, -0.2) is 33.3 Å². The standard InChI is InChI=1S/C26H19F4N5O2S/c1-16-32-25(26(28,29)30)15-34(16)22-10-9-20(19-3-2-4-21(11-19)38(36)37)12-23(22)35-24(14-31-33-35)18-7-5-17(13-27)6-8-18/h2-12,14-15H,13H2,1H3,(H,36,37). The number of nitrogens with zero attached hydrogens (tertiary/aromatic N) is 5. The van der Waals surface area contributed by atoms with Crippen molar-refractivity contribution >= 4 is 11.1 Å². The zero-order valence-corrected chi connectivity index (χ0v) is 20.5. The highest BCUT2D eigenvalue weighted by Crippen LogP contribution is 2.34. The maximum Gasteiger partial charge on any atom is 0.434 e. The van der Waals surface area contributed by atoms with Crippen LogP contribution < -0.4 is 0 Å². The summed E-state index contributed by atoms with van der Waals surface area (Å²) >= 11 is -2.20. The number of benzene rings is 3. The van der Waals surface area contributed by atoms with Gasteiger partial charge in [-0.1, -0.05) is 47.7 Å². The topological polar surface area (TPSA) is 85.8 Å². The number of hydrogen-bond donors (Lipinski definition) is 1. The van der Waals surface area contributed by atoms with Crippen molar-refractivity contribution in [3.8, 4) is 33.8 Å². The number of halogens is 4. The Morgan fingerprint density at radius 1 is 0.947 bits per heavy atom. The lowest BCUT2D eigenvalue weighted by Gasteiger charge is -2.16. The van der Waals surface area contributed by atoms with E-state index in [2.05, 4.69) is 15.3 Å². The normalized spacial score (nSPS) is 12.6. The molecule has 0 bridgehead atoms. The number of hydrogen-bond acceptors (Lipinski definition) is 4. The second-order valence-corrected chi connectivity index (χ2v) is 9.35. The Hall–Kier alpha value is -4.16. The Bertz CT molecular complexity index is 1640. The monoisotopic (exact) mass is 541 g/mol. The molecule has 0 amide bonds. The van der Waals surface area contributed by atoms with Crippen molar-refractivity contribution < 1.29 is 26.3 Å². The molecule has 5 rings (SSSR count). The zero-order chi connectivity index (χ0) is 27.0. The van der Waals surface area contributed by atoms with Crippen LogP contribution in [0.2, 0.25) is 0 Å². The molecule has 0 aliphatic rings. The van der Waals surface area contributed by atoms with Crippen LogP contribution in [-0.2, 0) is 23.9 Å². The largest absolute Gasteiger partial charge is 0.434 e. The van der Waals surface area contributed by atoms with E-state index in [1.807, 2.05) is 0 Å². The predicted molar refractivity (Wildman–Crippen MR) is 133 cm³/mol. The molecule has 194 valence electrons. The average molecular weight is 542 g/mol. The number of imidazole rings is 1. The highest BCUT2D eigenvalue weighted by atomic mass is 32.2. The maximum absolute atomic E-state index is 13.4. The highest BCUT2D eigenvalue weighted by molar-refractivity contribution is 7.79. The third-order valence-electron chi connectivity index (χ3n) is 5.96. The summed E-state index contributed by atoms with van der Waals surface area (Å²) in [6.45, 7) is 0.841. The summed E-state index contributed by atoms with van der Waals surface area (Å²) in [6, 6.07) is 18.1. The van der Waals surface area contributed by atoms with Gasteiger partial charge in [-0.2, -0.15) is 13.2 Å². The summed E-state index contributed by atoms with van der Waals surface area (Å²) in [5.74, 6) is 0.109. The minimum atomic E-state index is -4.63. The van der Waals surface area contributed by atoms with Crippen LogP contribution in [0.15, 0.2) is 84.0 Å². The van der Waals surface area contributed by atoms with Gasteiger partial charge in [-0.15, -0.1) is 5.10 Å². The van der Waals surface area contributed by atoms with Crippen molar-refractivity contribution in [3.05, 3.63) is 96.2 Å². The smallest absolute Gasteiger partial charge is 0.302 e. The fraction of sp³-hybridized carbons (Fsp3) is 0.115.